The molecule has 4 N–H and O–H groups in total. The van der Waals surface area contributed by atoms with Gasteiger partial charge in [0.1, 0.15) is 13.2 Å². The summed E-state index contributed by atoms with van der Waals surface area (Å²) in [6, 6.07) is 1.76. The zero-order valence-electron chi connectivity index (χ0n) is 18.1. The van der Waals surface area contributed by atoms with E-state index in [0.717, 1.165) is 0 Å². The number of aryl methyl sites for hydroxylation is 1. The van der Waals surface area contributed by atoms with Gasteiger partial charge in [0.2, 0.25) is 0 Å². The van der Waals surface area contributed by atoms with E-state index in [2.05, 4.69) is 30.7 Å². The Bertz CT molecular complexity index is 789. The molecule has 4 amide bonds. The zero-order chi connectivity index (χ0) is 25.2. The molecular weight excluding hydrogens is 462 g/mol. The highest BCUT2D eigenvalue weighted by Crippen LogP contribution is 2.20. The van der Waals surface area contributed by atoms with Crippen LogP contribution in [0.3, 0.4) is 0 Å². The van der Waals surface area contributed by atoms with Gasteiger partial charge in [-0.1, -0.05) is 6.07 Å². The Hall–Kier alpha value is -2.74. The highest BCUT2D eigenvalue weighted by Gasteiger charge is 2.28. The number of carbonyl (C=O) groups excluding carboxylic acids is 2. The van der Waals surface area contributed by atoms with Gasteiger partial charge in [0.05, 0.1) is 25.3 Å². The van der Waals surface area contributed by atoms with E-state index in [1.54, 1.807) is 13.0 Å². The molecule has 2 atom stereocenters. The number of hydrogen-bond donors (Lipinski definition) is 4. The minimum atomic E-state index is -4.47. The minimum absolute atomic E-state index is 0.276. The largest absolute Gasteiger partial charge is 0.411 e. The molecule has 1 aromatic rings. The molecule has 0 bridgehead atoms. The van der Waals surface area contributed by atoms with Crippen LogP contribution in [-0.2, 0) is 9.47 Å². The number of alkyl halides is 6. The summed E-state index contributed by atoms with van der Waals surface area (Å²) in [7, 11) is 0. The third-order valence-electron chi connectivity index (χ3n) is 3.77. The molecule has 188 valence electrons. The molecular formula is C19H26F6N4O4. The third-order valence-corrected chi connectivity index (χ3v) is 3.77. The van der Waals surface area contributed by atoms with Crippen molar-refractivity contribution in [2.45, 2.75) is 45.2 Å². The first-order chi connectivity index (χ1) is 15.1. The molecule has 0 heterocycles. The highest BCUT2D eigenvalue weighted by atomic mass is 19.4. The lowest BCUT2D eigenvalue weighted by molar-refractivity contribution is -0.175. The van der Waals surface area contributed by atoms with Crippen LogP contribution in [0.1, 0.15) is 19.4 Å². The molecule has 0 aliphatic heterocycles. The molecule has 0 spiro atoms. The number of urea groups is 2. The lowest BCUT2D eigenvalue weighted by Crippen LogP contribution is -2.40. The minimum Gasteiger partial charge on any atom is -0.370 e. The maximum Gasteiger partial charge on any atom is 0.411 e. The standard InChI is InChI=1S/C19H26F6N4O4/c1-11-4-5-14(28-16(30)26-12(2)7-32-9-18(20,21)22)6-15(11)29-17(31)27-13(3)8-33-10-19(23,24)25/h4-6,12-13H,7-10H2,1-3H3,(H2,26,28,30)(H2,27,29,31)/t12-,13+/m1/s1. The Morgan fingerprint density at radius 1 is 0.848 bits per heavy atom. The van der Waals surface area contributed by atoms with Crippen molar-refractivity contribution < 1.29 is 45.4 Å². The van der Waals surface area contributed by atoms with E-state index in [0.29, 0.717) is 11.3 Å². The third kappa shape index (κ3) is 13.4. The summed E-state index contributed by atoms with van der Waals surface area (Å²) in [5, 5.41) is 9.83. The fraction of sp³-hybridized carbons (Fsp3) is 0.579. The lowest BCUT2D eigenvalue weighted by Gasteiger charge is -2.18. The topological polar surface area (TPSA) is 101 Å². The predicted octanol–water partition coefficient (Wildman–Crippen LogP) is 4.17. The molecule has 0 radical (unpaired) electrons. The number of benzene rings is 1. The molecule has 0 saturated carbocycles. The van der Waals surface area contributed by atoms with Crippen molar-refractivity contribution in [2.75, 3.05) is 37.1 Å². The maximum absolute atomic E-state index is 12.1. The van der Waals surface area contributed by atoms with Gasteiger partial charge in [-0.25, -0.2) is 9.59 Å². The summed E-state index contributed by atoms with van der Waals surface area (Å²) in [6.45, 7) is 1.05. The Kier molecular flexibility index (Phi) is 10.7. The summed E-state index contributed by atoms with van der Waals surface area (Å²) in [5.41, 5.74) is 1.22. The summed E-state index contributed by atoms with van der Waals surface area (Å²) in [4.78, 5) is 24.1. The second-order valence-corrected chi connectivity index (χ2v) is 7.29. The van der Waals surface area contributed by atoms with E-state index in [1.807, 2.05) is 0 Å². The molecule has 0 aliphatic rings. The average Bonchev–Trinajstić information content (AvgIpc) is 2.62. The lowest BCUT2D eigenvalue weighted by atomic mass is 10.2. The van der Waals surface area contributed by atoms with Gasteiger partial charge in [0.25, 0.3) is 0 Å². The number of halogens is 6. The summed E-state index contributed by atoms with van der Waals surface area (Å²) in [6.07, 6.45) is -8.93. The van der Waals surface area contributed by atoms with E-state index in [4.69, 9.17) is 0 Å². The predicted molar refractivity (Wildman–Crippen MR) is 108 cm³/mol. The van der Waals surface area contributed by atoms with Gasteiger partial charge < -0.3 is 30.7 Å². The van der Waals surface area contributed by atoms with Crippen molar-refractivity contribution in [3.05, 3.63) is 23.8 Å². The van der Waals surface area contributed by atoms with Gasteiger partial charge in [-0.15, -0.1) is 0 Å². The van der Waals surface area contributed by atoms with Crippen LogP contribution in [0.5, 0.6) is 0 Å². The molecule has 0 aliphatic carbocycles. The SMILES string of the molecule is Cc1ccc(NC(=O)N[C@H](C)COCC(F)(F)F)cc1NC(=O)N[C@@H](C)COCC(F)(F)F. The normalized spacial score (nSPS) is 13.7. The molecule has 0 aromatic heterocycles. The van der Waals surface area contributed by atoms with Crippen molar-refractivity contribution in [1.29, 1.82) is 0 Å². The monoisotopic (exact) mass is 488 g/mol. The number of nitrogens with one attached hydrogen (secondary N) is 4. The Balaban J connectivity index is 2.53. The van der Waals surface area contributed by atoms with Crippen LogP contribution in [-0.4, -0.2) is 62.9 Å². The molecule has 0 saturated heterocycles. The van der Waals surface area contributed by atoms with E-state index in [9.17, 15) is 35.9 Å². The molecule has 8 nitrogen and oxygen atoms in total. The van der Waals surface area contributed by atoms with Crippen molar-refractivity contribution >= 4 is 23.4 Å². The molecule has 33 heavy (non-hydrogen) atoms. The first-order valence-electron chi connectivity index (χ1n) is 9.69. The van der Waals surface area contributed by atoms with E-state index < -0.39 is 49.7 Å². The van der Waals surface area contributed by atoms with Gasteiger partial charge in [-0.3, -0.25) is 0 Å². The van der Waals surface area contributed by atoms with E-state index in [1.165, 1.54) is 26.0 Å². The van der Waals surface area contributed by atoms with Crippen molar-refractivity contribution in [3.63, 3.8) is 0 Å². The van der Waals surface area contributed by atoms with Crippen LogP contribution in [0.4, 0.5) is 47.3 Å². The van der Waals surface area contributed by atoms with Gasteiger partial charge in [0, 0.05) is 11.4 Å². The van der Waals surface area contributed by atoms with E-state index >= 15 is 0 Å². The molecule has 14 heteroatoms. The van der Waals surface area contributed by atoms with Gasteiger partial charge in [0.15, 0.2) is 0 Å². The molecule has 1 rings (SSSR count). The fourth-order valence-corrected chi connectivity index (χ4v) is 2.39. The number of amides is 4. The number of rotatable bonds is 10. The number of carbonyl (C=O) groups is 2. The Morgan fingerprint density at radius 2 is 1.30 bits per heavy atom. The van der Waals surface area contributed by atoms with Crippen LogP contribution in [0.2, 0.25) is 0 Å². The van der Waals surface area contributed by atoms with Crippen molar-refractivity contribution in [3.8, 4) is 0 Å². The smallest absolute Gasteiger partial charge is 0.370 e. The first-order valence-corrected chi connectivity index (χ1v) is 9.69. The summed E-state index contributed by atoms with van der Waals surface area (Å²) < 4.78 is 81.5. The fourth-order valence-electron chi connectivity index (χ4n) is 2.39. The number of hydrogen-bond acceptors (Lipinski definition) is 4. The van der Waals surface area contributed by atoms with Gasteiger partial charge >= 0.3 is 24.4 Å². The molecule has 0 fully saturated rings. The second-order valence-electron chi connectivity index (χ2n) is 7.29. The van der Waals surface area contributed by atoms with E-state index in [-0.39, 0.29) is 18.9 Å². The highest BCUT2D eigenvalue weighted by molar-refractivity contribution is 5.93. The second kappa shape index (κ2) is 12.5. The average molecular weight is 488 g/mol. The van der Waals surface area contributed by atoms with Crippen molar-refractivity contribution in [1.82, 2.24) is 10.6 Å². The maximum atomic E-state index is 12.1. The quantitative estimate of drug-likeness (QED) is 0.372. The van der Waals surface area contributed by atoms with Gasteiger partial charge in [-0.2, -0.15) is 26.3 Å². The van der Waals surface area contributed by atoms with Crippen molar-refractivity contribution in [2.24, 2.45) is 0 Å². The number of ether oxygens (including phenoxy) is 2. The van der Waals surface area contributed by atoms with Crippen LogP contribution in [0, 0.1) is 6.92 Å². The zero-order valence-corrected chi connectivity index (χ0v) is 18.1. The first kappa shape index (κ1) is 28.3. The van der Waals surface area contributed by atoms with Gasteiger partial charge in [-0.05, 0) is 38.5 Å². The van der Waals surface area contributed by atoms with Crippen LogP contribution in [0.15, 0.2) is 18.2 Å². The van der Waals surface area contributed by atoms with Crippen LogP contribution in [0.25, 0.3) is 0 Å². The summed E-state index contributed by atoms with van der Waals surface area (Å²) >= 11 is 0. The Morgan fingerprint density at radius 3 is 1.76 bits per heavy atom. The van der Waals surface area contributed by atoms with Crippen LogP contribution < -0.4 is 21.3 Å². The molecule has 1 aromatic carbocycles. The molecule has 0 unspecified atom stereocenters. The Labute approximate surface area is 186 Å². The summed E-state index contributed by atoms with van der Waals surface area (Å²) in [5.74, 6) is 0. The number of anilines is 2. The van der Waals surface area contributed by atoms with Crippen LogP contribution >= 0.6 is 0 Å².